The molecule has 2 aromatic carbocycles. The van der Waals surface area contributed by atoms with E-state index in [1.807, 2.05) is 24.5 Å². The van der Waals surface area contributed by atoms with E-state index in [0.717, 1.165) is 28.8 Å². The van der Waals surface area contributed by atoms with Crippen LogP contribution in [-0.2, 0) is 10.8 Å². The molecule has 1 aliphatic rings. The molecular formula is C27H31N3O. The SMILES string of the molecule is CC(C)(C)c1ccc(-c2cncc(C3CC(C)(C)c4cc(C(N)=O)ccc4N3)c2)cc1. The lowest BCUT2D eigenvalue weighted by atomic mass is 9.73. The molecule has 0 bridgehead atoms. The number of hydrogen-bond acceptors (Lipinski definition) is 3. The highest BCUT2D eigenvalue weighted by atomic mass is 16.1. The van der Waals surface area contributed by atoms with E-state index < -0.39 is 5.91 Å². The lowest BCUT2D eigenvalue weighted by Crippen LogP contribution is -2.31. The van der Waals surface area contributed by atoms with Crippen LogP contribution >= 0.6 is 0 Å². The highest BCUT2D eigenvalue weighted by Crippen LogP contribution is 2.44. The van der Waals surface area contributed by atoms with Crippen molar-refractivity contribution in [2.24, 2.45) is 5.73 Å². The molecule has 0 radical (unpaired) electrons. The van der Waals surface area contributed by atoms with Crippen molar-refractivity contribution in [3.05, 3.63) is 83.2 Å². The molecule has 0 saturated heterocycles. The van der Waals surface area contributed by atoms with Crippen LogP contribution in [0.2, 0.25) is 0 Å². The van der Waals surface area contributed by atoms with Crippen molar-refractivity contribution in [2.75, 3.05) is 5.32 Å². The number of primary amides is 1. The smallest absolute Gasteiger partial charge is 0.248 e. The molecule has 0 spiro atoms. The summed E-state index contributed by atoms with van der Waals surface area (Å²) in [5, 5.41) is 3.65. The van der Waals surface area contributed by atoms with E-state index in [9.17, 15) is 4.79 Å². The molecule has 3 aromatic rings. The van der Waals surface area contributed by atoms with E-state index >= 15 is 0 Å². The highest BCUT2D eigenvalue weighted by molar-refractivity contribution is 5.93. The molecule has 1 aromatic heterocycles. The predicted molar refractivity (Wildman–Crippen MR) is 127 cm³/mol. The summed E-state index contributed by atoms with van der Waals surface area (Å²) >= 11 is 0. The summed E-state index contributed by atoms with van der Waals surface area (Å²) in [5.41, 5.74) is 13.0. The van der Waals surface area contributed by atoms with Gasteiger partial charge >= 0.3 is 0 Å². The number of carbonyl (C=O) groups is 1. The van der Waals surface area contributed by atoms with E-state index in [1.165, 1.54) is 11.1 Å². The van der Waals surface area contributed by atoms with Crippen molar-refractivity contribution in [3.8, 4) is 11.1 Å². The Morgan fingerprint density at radius 2 is 1.74 bits per heavy atom. The van der Waals surface area contributed by atoms with Crippen LogP contribution in [0.15, 0.2) is 60.9 Å². The summed E-state index contributed by atoms with van der Waals surface area (Å²) in [4.78, 5) is 16.2. The van der Waals surface area contributed by atoms with Crippen molar-refractivity contribution >= 4 is 11.6 Å². The fourth-order valence-corrected chi connectivity index (χ4v) is 4.41. The maximum absolute atomic E-state index is 11.6. The number of nitrogens with zero attached hydrogens (tertiary/aromatic N) is 1. The van der Waals surface area contributed by atoms with Crippen molar-refractivity contribution in [3.63, 3.8) is 0 Å². The molecule has 0 fully saturated rings. The molecule has 4 nitrogen and oxygen atoms in total. The van der Waals surface area contributed by atoms with E-state index in [1.54, 1.807) is 6.07 Å². The summed E-state index contributed by atoms with van der Waals surface area (Å²) in [6.45, 7) is 11.1. The number of nitrogens with two attached hydrogens (primary N) is 1. The average molecular weight is 414 g/mol. The molecule has 2 heterocycles. The van der Waals surface area contributed by atoms with Gasteiger partial charge < -0.3 is 11.1 Å². The lowest BCUT2D eigenvalue weighted by Gasteiger charge is -2.39. The molecule has 31 heavy (non-hydrogen) atoms. The number of benzene rings is 2. The molecule has 0 aliphatic carbocycles. The van der Waals surface area contributed by atoms with Gasteiger partial charge in [0.1, 0.15) is 0 Å². The third kappa shape index (κ3) is 4.20. The first kappa shape index (κ1) is 21.1. The van der Waals surface area contributed by atoms with Crippen LogP contribution in [0.5, 0.6) is 0 Å². The van der Waals surface area contributed by atoms with Crippen LogP contribution in [0.1, 0.15) is 74.1 Å². The molecule has 3 N–H and O–H groups in total. The fraction of sp³-hybridized carbons (Fsp3) is 0.333. The van der Waals surface area contributed by atoms with Gasteiger partial charge in [-0.05, 0) is 63.8 Å². The maximum Gasteiger partial charge on any atom is 0.248 e. The highest BCUT2D eigenvalue weighted by Gasteiger charge is 2.34. The Kier molecular flexibility index (Phi) is 5.12. The van der Waals surface area contributed by atoms with Gasteiger partial charge in [-0.25, -0.2) is 0 Å². The monoisotopic (exact) mass is 413 g/mol. The topological polar surface area (TPSA) is 68.0 Å². The first-order chi connectivity index (χ1) is 14.5. The number of nitrogens with one attached hydrogen (secondary N) is 1. The van der Waals surface area contributed by atoms with Crippen LogP contribution in [0.25, 0.3) is 11.1 Å². The van der Waals surface area contributed by atoms with Crippen molar-refractivity contribution in [2.45, 2.75) is 57.9 Å². The summed E-state index contributed by atoms with van der Waals surface area (Å²) in [5.74, 6) is -0.393. The van der Waals surface area contributed by atoms with Crippen molar-refractivity contribution in [1.82, 2.24) is 4.98 Å². The quantitative estimate of drug-likeness (QED) is 0.555. The molecule has 1 aliphatic heterocycles. The van der Waals surface area contributed by atoms with E-state index in [-0.39, 0.29) is 16.9 Å². The maximum atomic E-state index is 11.6. The van der Waals surface area contributed by atoms with Gasteiger partial charge in [-0.2, -0.15) is 0 Å². The number of fused-ring (bicyclic) bond motifs is 1. The summed E-state index contributed by atoms with van der Waals surface area (Å²) in [6.07, 6.45) is 4.77. The number of pyridine rings is 1. The standard InChI is InChI=1S/C27H31N3O/c1-26(2,3)21-9-6-17(7-10-21)19-12-20(16-29-15-19)24-14-27(4,5)22-13-18(25(28)31)8-11-23(22)30-24/h6-13,15-16,24,30H,14H2,1-5H3,(H2,28,31). The molecular weight excluding hydrogens is 382 g/mol. The number of carbonyl (C=O) groups excluding carboxylic acids is 1. The zero-order valence-corrected chi connectivity index (χ0v) is 19.0. The second kappa shape index (κ2) is 7.52. The average Bonchev–Trinajstić information content (AvgIpc) is 2.72. The number of rotatable bonds is 3. The third-order valence-corrected chi connectivity index (χ3v) is 6.32. The number of aromatic nitrogens is 1. The van der Waals surface area contributed by atoms with E-state index in [2.05, 4.69) is 75.3 Å². The fourth-order valence-electron chi connectivity index (χ4n) is 4.41. The number of hydrogen-bond donors (Lipinski definition) is 2. The van der Waals surface area contributed by atoms with Gasteiger partial charge in [-0.1, -0.05) is 58.9 Å². The first-order valence-electron chi connectivity index (χ1n) is 10.8. The van der Waals surface area contributed by atoms with Crippen molar-refractivity contribution < 1.29 is 4.79 Å². The van der Waals surface area contributed by atoms with E-state index in [4.69, 9.17) is 5.73 Å². The summed E-state index contributed by atoms with van der Waals surface area (Å²) < 4.78 is 0. The Bertz CT molecular complexity index is 1120. The molecule has 1 atom stereocenters. The lowest BCUT2D eigenvalue weighted by molar-refractivity contribution is 0.1000. The largest absolute Gasteiger partial charge is 0.378 e. The van der Waals surface area contributed by atoms with Gasteiger partial charge in [0.15, 0.2) is 0 Å². The Labute approximate surface area is 184 Å². The van der Waals surface area contributed by atoms with Gasteiger partial charge in [-0.3, -0.25) is 9.78 Å². The van der Waals surface area contributed by atoms with Gasteiger partial charge in [0.25, 0.3) is 0 Å². The molecule has 1 unspecified atom stereocenters. The predicted octanol–water partition coefficient (Wildman–Crippen LogP) is 5.98. The van der Waals surface area contributed by atoms with Gasteiger partial charge in [0.2, 0.25) is 5.91 Å². The molecule has 4 rings (SSSR count). The zero-order chi connectivity index (χ0) is 22.4. The molecule has 160 valence electrons. The van der Waals surface area contributed by atoms with Crippen LogP contribution in [0, 0.1) is 0 Å². The number of anilines is 1. The van der Waals surface area contributed by atoms with Crippen LogP contribution in [0.4, 0.5) is 5.69 Å². The van der Waals surface area contributed by atoms with Gasteiger partial charge in [0.05, 0.1) is 6.04 Å². The Hall–Kier alpha value is -3.14. The second-order valence-electron chi connectivity index (χ2n) is 10.2. The zero-order valence-electron chi connectivity index (χ0n) is 19.0. The minimum absolute atomic E-state index is 0.0962. The van der Waals surface area contributed by atoms with Crippen molar-refractivity contribution in [1.29, 1.82) is 0 Å². The minimum Gasteiger partial charge on any atom is -0.378 e. The molecule has 1 amide bonds. The normalized spacial score (nSPS) is 17.5. The van der Waals surface area contributed by atoms with Crippen LogP contribution < -0.4 is 11.1 Å². The third-order valence-electron chi connectivity index (χ3n) is 6.32. The van der Waals surface area contributed by atoms with Gasteiger partial charge in [0, 0.05) is 29.2 Å². The Morgan fingerprint density at radius 3 is 2.39 bits per heavy atom. The number of amides is 1. The Morgan fingerprint density at radius 1 is 1.03 bits per heavy atom. The summed E-state index contributed by atoms with van der Waals surface area (Å²) in [6, 6.07) is 16.8. The van der Waals surface area contributed by atoms with Crippen LogP contribution in [-0.4, -0.2) is 10.9 Å². The van der Waals surface area contributed by atoms with Crippen LogP contribution in [0.3, 0.4) is 0 Å². The molecule has 0 saturated carbocycles. The van der Waals surface area contributed by atoms with E-state index in [0.29, 0.717) is 5.56 Å². The Balaban J connectivity index is 1.65. The first-order valence-corrected chi connectivity index (χ1v) is 10.8. The minimum atomic E-state index is -0.393. The second-order valence-corrected chi connectivity index (χ2v) is 10.2. The van der Waals surface area contributed by atoms with Gasteiger partial charge in [-0.15, -0.1) is 0 Å². The summed E-state index contributed by atoms with van der Waals surface area (Å²) in [7, 11) is 0. The molecule has 4 heteroatoms.